The molecule has 0 aromatic heterocycles. The Morgan fingerprint density at radius 3 is 2.13 bits per heavy atom. The van der Waals surface area contributed by atoms with Crippen molar-refractivity contribution in [2.45, 2.75) is 96.8 Å². The summed E-state index contributed by atoms with van der Waals surface area (Å²) >= 11 is 0. The first-order valence-electron chi connectivity index (χ1n) is 13.1. The summed E-state index contributed by atoms with van der Waals surface area (Å²) in [6, 6.07) is 8.97. The van der Waals surface area contributed by atoms with E-state index in [1.165, 1.54) is 56.9 Å². The zero-order valence-corrected chi connectivity index (χ0v) is 19.5. The lowest BCUT2D eigenvalue weighted by Crippen LogP contribution is -2.34. The zero-order chi connectivity index (χ0) is 20.8. The maximum atomic E-state index is 5.76. The van der Waals surface area contributed by atoms with Gasteiger partial charge in [0.05, 0.1) is 0 Å². The molecule has 0 saturated heterocycles. The summed E-state index contributed by atoms with van der Waals surface area (Å²) < 4.78 is 5.76. The Labute approximate surface area is 185 Å². The van der Waals surface area contributed by atoms with E-state index in [1.807, 2.05) is 13.0 Å². The van der Waals surface area contributed by atoms with Gasteiger partial charge >= 0.3 is 0 Å². The molecular formula is C29H44O. The molecule has 166 valence electrons. The average molecular weight is 409 g/mol. The Balaban J connectivity index is 1.23. The van der Waals surface area contributed by atoms with E-state index < -0.39 is 0 Å². The fourth-order valence-electron chi connectivity index (χ4n) is 7.12. The number of fused-ring (bicyclic) bond motifs is 1. The van der Waals surface area contributed by atoms with Gasteiger partial charge in [0.2, 0.25) is 0 Å². The summed E-state index contributed by atoms with van der Waals surface area (Å²) in [5.74, 6) is 7.03. The highest BCUT2D eigenvalue weighted by molar-refractivity contribution is 5.30. The first kappa shape index (κ1) is 22.0. The summed E-state index contributed by atoms with van der Waals surface area (Å²) in [6.07, 6.45) is 22.0. The molecule has 1 aromatic rings. The van der Waals surface area contributed by atoms with Crippen LogP contribution in [0.5, 0.6) is 5.75 Å². The normalized spacial score (nSPS) is 34.6. The van der Waals surface area contributed by atoms with Crippen molar-refractivity contribution in [3.8, 4) is 5.75 Å². The Bertz CT molecular complexity index is 651. The van der Waals surface area contributed by atoms with Gasteiger partial charge in [0.25, 0.3) is 0 Å². The van der Waals surface area contributed by atoms with E-state index in [0.29, 0.717) is 6.61 Å². The van der Waals surface area contributed by atoms with Crippen LogP contribution in [0.15, 0.2) is 36.4 Å². The van der Waals surface area contributed by atoms with Crippen LogP contribution in [0.3, 0.4) is 0 Å². The molecule has 0 radical (unpaired) electrons. The molecule has 0 heterocycles. The fourth-order valence-corrected chi connectivity index (χ4v) is 7.12. The second kappa shape index (κ2) is 10.9. The molecule has 1 aromatic carbocycles. The Kier molecular flexibility index (Phi) is 7.96. The SMILES string of the molecule is C/C=C/COc1ccc(C2CCC(C3CCC4CC(CCC)CCC4C3)CC2)cc1. The lowest BCUT2D eigenvalue weighted by atomic mass is 9.60. The second-order valence-electron chi connectivity index (χ2n) is 10.6. The van der Waals surface area contributed by atoms with Crippen molar-refractivity contribution in [1.29, 1.82) is 0 Å². The summed E-state index contributed by atoms with van der Waals surface area (Å²) in [6.45, 7) is 5.07. The fraction of sp³-hybridized carbons (Fsp3) is 0.724. The van der Waals surface area contributed by atoms with E-state index in [-0.39, 0.29) is 0 Å². The third-order valence-electron chi connectivity index (χ3n) is 8.83. The maximum Gasteiger partial charge on any atom is 0.119 e. The molecular weight excluding hydrogens is 364 g/mol. The van der Waals surface area contributed by atoms with Crippen LogP contribution < -0.4 is 4.74 Å². The highest BCUT2D eigenvalue weighted by Crippen LogP contribution is 2.50. The number of hydrogen-bond donors (Lipinski definition) is 0. The van der Waals surface area contributed by atoms with Gasteiger partial charge in [-0.25, -0.2) is 0 Å². The molecule has 4 unspecified atom stereocenters. The van der Waals surface area contributed by atoms with E-state index in [1.54, 1.807) is 25.7 Å². The van der Waals surface area contributed by atoms with Gasteiger partial charge in [0.15, 0.2) is 0 Å². The van der Waals surface area contributed by atoms with Crippen molar-refractivity contribution < 1.29 is 4.74 Å². The van der Waals surface area contributed by atoms with Gasteiger partial charge in [-0.3, -0.25) is 0 Å². The molecule has 4 rings (SSSR count). The van der Waals surface area contributed by atoms with E-state index in [2.05, 4.69) is 37.3 Å². The molecule has 0 spiro atoms. The zero-order valence-electron chi connectivity index (χ0n) is 19.5. The van der Waals surface area contributed by atoms with Crippen LogP contribution >= 0.6 is 0 Å². The molecule has 0 amide bonds. The summed E-state index contributed by atoms with van der Waals surface area (Å²) in [5, 5.41) is 0. The first-order valence-corrected chi connectivity index (χ1v) is 13.1. The van der Waals surface area contributed by atoms with Gasteiger partial charge in [-0.2, -0.15) is 0 Å². The monoisotopic (exact) mass is 408 g/mol. The van der Waals surface area contributed by atoms with Crippen LogP contribution in [0, 0.1) is 29.6 Å². The minimum Gasteiger partial charge on any atom is -0.490 e. The van der Waals surface area contributed by atoms with Gasteiger partial charge in [-0.1, -0.05) is 50.5 Å². The van der Waals surface area contributed by atoms with Gasteiger partial charge in [0.1, 0.15) is 12.4 Å². The summed E-state index contributed by atoms with van der Waals surface area (Å²) in [7, 11) is 0. The van der Waals surface area contributed by atoms with Crippen LogP contribution in [0.2, 0.25) is 0 Å². The number of hydrogen-bond acceptors (Lipinski definition) is 1. The molecule has 0 N–H and O–H groups in total. The molecule has 1 heteroatoms. The van der Waals surface area contributed by atoms with Crippen LogP contribution in [0.1, 0.15) is 102 Å². The van der Waals surface area contributed by atoms with Gasteiger partial charge in [-0.05, 0) is 118 Å². The third-order valence-corrected chi connectivity index (χ3v) is 8.83. The van der Waals surface area contributed by atoms with Crippen molar-refractivity contribution in [1.82, 2.24) is 0 Å². The van der Waals surface area contributed by atoms with Crippen LogP contribution in [-0.4, -0.2) is 6.61 Å². The predicted molar refractivity (Wildman–Crippen MR) is 128 cm³/mol. The van der Waals surface area contributed by atoms with Crippen molar-refractivity contribution in [3.05, 3.63) is 42.0 Å². The smallest absolute Gasteiger partial charge is 0.119 e. The van der Waals surface area contributed by atoms with E-state index >= 15 is 0 Å². The summed E-state index contributed by atoms with van der Waals surface area (Å²) in [4.78, 5) is 0. The number of rotatable bonds is 7. The summed E-state index contributed by atoms with van der Waals surface area (Å²) in [5.41, 5.74) is 1.53. The van der Waals surface area contributed by atoms with Crippen molar-refractivity contribution in [2.75, 3.05) is 6.61 Å². The van der Waals surface area contributed by atoms with Crippen molar-refractivity contribution in [3.63, 3.8) is 0 Å². The molecule has 30 heavy (non-hydrogen) atoms. The number of ether oxygens (including phenoxy) is 1. The molecule has 1 nitrogen and oxygen atoms in total. The topological polar surface area (TPSA) is 9.23 Å². The Morgan fingerprint density at radius 1 is 0.800 bits per heavy atom. The van der Waals surface area contributed by atoms with Gasteiger partial charge in [-0.15, -0.1) is 0 Å². The van der Waals surface area contributed by atoms with Gasteiger partial charge < -0.3 is 4.74 Å². The quantitative estimate of drug-likeness (QED) is 0.411. The highest BCUT2D eigenvalue weighted by atomic mass is 16.5. The lowest BCUT2D eigenvalue weighted by molar-refractivity contribution is 0.0618. The molecule has 3 fully saturated rings. The lowest BCUT2D eigenvalue weighted by Gasteiger charge is -2.45. The molecule has 4 atom stereocenters. The molecule has 0 aliphatic heterocycles. The maximum absolute atomic E-state index is 5.76. The highest BCUT2D eigenvalue weighted by Gasteiger charge is 2.38. The number of allylic oxidation sites excluding steroid dienone is 1. The third kappa shape index (κ3) is 5.51. The van der Waals surface area contributed by atoms with Crippen LogP contribution in [0.4, 0.5) is 0 Å². The predicted octanol–water partition coefficient (Wildman–Crippen LogP) is 8.55. The van der Waals surface area contributed by atoms with Crippen molar-refractivity contribution in [2.24, 2.45) is 29.6 Å². The van der Waals surface area contributed by atoms with E-state index in [9.17, 15) is 0 Å². The Morgan fingerprint density at radius 2 is 1.43 bits per heavy atom. The molecule has 3 aliphatic carbocycles. The Hall–Kier alpha value is -1.24. The van der Waals surface area contributed by atoms with E-state index in [4.69, 9.17) is 4.74 Å². The first-order chi connectivity index (χ1) is 14.8. The largest absolute Gasteiger partial charge is 0.490 e. The average Bonchev–Trinajstić information content (AvgIpc) is 2.80. The molecule has 3 aliphatic rings. The van der Waals surface area contributed by atoms with E-state index in [0.717, 1.165) is 41.3 Å². The van der Waals surface area contributed by atoms with Gasteiger partial charge in [0, 0.05) is 0 Å². The molecule has 3 saturated carbocycles. The van der Waals surface area contributed by atoms with Crippen LogP contribution in [0.25, 0.3) is 0 Å². The minimum atomic E-state index is 0.670. The standard InChI is InChI=1S/C29H44O/c1-3-5-19-30-29-17-15-24(16-18-29)23-9-11-25(12-10-23)27-14-13-26-20-22(6-4-2)7-8-28(26)21-27/h3,5,15-18,22-23,25-28H,4,6-14,19-21H2,1-2H3/b5-3+. The second-order valence-corrected chi connectivity index (χ2v) is 10.6. The van der Waals surface area contributed by atoms with Crippen LogP contribution in [-0.2, 0) is 0 Å². The number of benzene rings is 1. The minimum absolute atomic E-state index is 0.670. The van der Waals surface area contributed by atoms with Crippen molar-refractivity contribution >= 4 is 0 Å². The molecule has 0 bridgehead atoms.